The summed E-state index contributed by atoms with van der Waals surface area (Å²) in [6, 6.07) is 2.36. The highest BCUT2D eigenvalue weighted by atomic mass is 16.5. The molecule has 1 atom stereocenters. The fraction of sp³-hybridized carbons (Fsp3) is 0.471. The molecule has 2 aromatic heterocycles. The fourth-order valence-corrected chi connectivity index (χ4v) is 3.68. The van der Waals surface area contributed by atoms with Gasteiger partial charge in [-0.25, -0.2) is 9.97 Å². The van der Waals surface area contributed by atoms with Crippen LogP contribution in [0, 0.1) is 11.3 Å². The zero-order valence-corrected chi connectivity index (χ0v) is 14.2. The first-order chi connectivity index (χ1) is 12.1. The molecule has 0 saturated carbocycles. The number of pyridine rings is 2. The van der Waals surface area contributed by atoms with Crippen LogP contribution in [0.4, 0.5) is 17.5 Å². The van der Waals surface area contributed by atoms with Gasteiger partial charge in [0.25, 0.3) is 11.7 Å². The predicted octanol–water partition coefficient (Wildman–Crippen LogP) is 0.0542. The first-order valence-electron chi connectivity index (χ1n) is 8.55. The number of morpholine rings is 1. The number of ether oxygens (including phenoxy) is 2. The molecule has 0 unspecified atom stereocenters. The van der Waals surface area contributed by atoms with Gasteiger partial charge in [-0.15, -0.1) is 0 Å². The molecule has 2 aliphatic heterocycles. The first kappa shape index (κ1) is 15.7. The Morgan fingerprint density at radius 3 is 2.60 bits per heavy atom. The third-order valence-corrected chi connectivity index (χ3v) is 4.96. The molecule has 0 aliphatic carbocycles. The van der Waals surface area contributed by atoms with Crippen molar-refractivity contribution in [2.75, 3.05) is 42.7 Å². The van der Waals surface area contributed by atoms with Crippen molar-refractivity contribution in [3.63, 3.8) is 0 Å². The average Bonchev–Trinajstić information content (AvgIpc) is 3.05. The monoisotopic (exact) mass is 342 g/mol. The minimum Gasteiger partial charge on any atom is -0.458 e. The van der Waals surface area contributed by atoms with E-state index in [0.717, 1.165) is 29.6 Å². The lowest BCUT2D eigenvalue weighted by molar-refractivity contribution is -0.376. The van der Waals surface area contributed by atoms with Crippen molar-refractivity contribution in [1.29, 1.82) is 5.26 Å². The molecule has 4 rings (SSSR count). The summed E-state index contributed by atoms with van der Waals surface area (Å²) in [5.74, 6) is 2.23. The summed E-state index contributed by atoms with van der Waals surface area (Å²) in [6.07, 6.45) is 1.70. The van der Waals surface area contributed by atoms with Gasteiger partial charge >= 0.3 is 0 Å². The fourth-order valence-electron chi connectivity index (χ4n) is 3.68. The van der Waals surface area contributed by atoms with Crippen molar-refractivity contribution in [2.45, 2.75) is 25.9 Å². The maximum atomic E-state index is 9.92. The van der Waals surface area contributed by atoms with Crippen LogP contribution in [-0.2, 0) is 11.2 Å². The molecule has 0 aromatic carbocycles. The Morgan fingerprint density at radius 2 is 1.92 bits per heavy atom. The lowest BCUT2D eigenvalue weighted by atomic mass is 9.98. The van der Waals surface area contributed by atoms with Gasteiger partial charge in [0, 0.05) is 11.8 Å². The summed E-state index contributed by atoms with van der Waals surface area (Å²) in [7, 11) is 0. The summed E-state index contributed by atoms with van der Waals surface area (Å²) >= 11 is 0. The van der Waals surface area contributed by atoms with E-state index in [1.54, 1.807) is 0 Å². The molecule has 25 heavy (non-hydrogen) atoms. The second-order valence-electron chi connectivity index (χ2n) is 6.42. The Balaban J connectivity index is 2.00. The molecule has 0 amide bonds. The van der Waals surface area contributed by atoms with E-state index < -0.39 is 0 Å². The number of rotatable bonds is 2. The second-order valence-corrected chi connectivity index (χ2v) is 6.42. The van der Waals surface area contributed by atoms with Gasteiger partial charge in [0.1, 0.15) is 23.1 Å². The summed E-state index contributed by atoms with van der Waals surface area (Å²) in [4.78, 5) is 8.38. The minimum absolute atomic E-state index is 0.0834. The highest BCUT2D eigenvalue weighted by Crippen LogP contribution is 2.39. The third-order valence-electron chi connectivity index (χ3n) is 4.96. The number of nitrogen functional groups attached to an aromatic ring is 2. The topological polar surface area (TPSA) is 126 Å². The molecule has 130 valence electrons. The first-order valence-corrected chi connectivity index (χ1v) is 8.55. The maximum Gasteiger partial charge on any atom is 0.287 e. The molecule has 2 aromatic rings. The normalized spacial score (nSPS) is 19.5. The van der Waals surface area contributed by atoms with Crippen molar-refractivity contribution in [1.82, 2.24) is 0 Å². The number of aromatic nitrogens is 2. The van der Waals surface area contributed by atoms with Crippen LogP contribution in [0.2, 0.25) is 0 Å². The van der Waals surface area contributed by atoms with Gasteiger partial charge in [-0.3, -0.25) is 10.6 Å². The van der Waals surface area contributed by atoms with E-state index in [0.29, 0.717) is 54.8 Å². The van der Waals surface area contributed by atoms with Crippen molar-refractivity contribution >= 4 is 28.2 Å². The Labute approximate surface area is 145 Å². The molecular weight excluding hydrogens is 320 g/mol. The highest BCUT2D eigenvalue weighted by Gasteiger charge is 2.34. The Morgan fingerprint density at radius 1 is 1.20 bits per heavy atom. The predicted molar refractivity (Wildman–Crippen MR) is 92.0 cm³/mol. The van der Waals surface area contributed by atoms with Crippen LogP contribution in [0.15, 0.2) is 0 Å². The molecule has 4 heterocycles. The van der Waals surface area contributed by atoms with Gasteiger partial charge in [-0.2, -0.15) is 5.26 Å². The van der Waals surface area contributed by atoms with Crippen molar-refractivity contribution in [3.05, 3.63) is 11.1 Å². The number of nitrogens with one attached hydrogen (secondary N) is 2. The van der Waals surface area contributed by atoms with E-state index >= 15 is 0 Å². The number of anilines is 3. The van der Waals surface area contributed by atoms with Gasteiger partial charge in [0.05, 0.1) is 31.9 Å². The number of nitrogens with zero attached hydrogens (tertiary/aromatic N) is 2. The summed E-state index contributed by atoms with van der Waals surface area (Å²) in [5.41, 5.74) is 14.0. The number of fused-ring (bicyclic) bond motifs is 3. The van der Waals surface area contributed by atoms with Crippen LogP contribution in [0.1, 0.15) is 24.5 Å². The zero-order valence-electron chi connectivity index (χ0n) is 14.2. The maximum absolute atomic E-state index is 9.92. The van der Waals surface area contributed by atoms with Crippen molar-refractivity contribution in [3.8, 4) is 11.9 Å². The van der Waals surface area contributed by atoms with Crippen molar-refractivity contribution < 1.29 is 19.4 Å². The van der Waals surface area contributed by atoms with E-state index in [1.807, 2.05) is 0 Å². The summed E-state index contributed by atoms with van der Waals surface area (Å²) in [5, 5.41) is 11.4. The van der Waals surface area contributed by atoms with Crippen molar-refractivity contribution in [2.24, 2.45) is 0 Å². The molecule has 0 radical (unpaired) electrons. The van der Waals surface area contributed by atoms with Gasteiger partial charge in [-0.05, 0) is 6.42 Å². The molecule has 1 fully saturated rings. The number of hydrogen-bond donors (Lipinski definition) is 2. The molecule has 1 saturated heterocycles. The molecule has 2 aliphatic rings. The molecule has 8 nitrogen and oxygen atoms in total. The highest BCUT2D eigenvalue weighted by molar-refractivity contribution is 6.03. The molecule has 0 bridgehead atoms. The molecule has 8 heteroatoms. The van der Waals surface area contributed by atoms with E-state index in [4.69, 9.17) is 20.9 Å². The standard InChI is InChI=1S/C17H20N6O2/c1-2-9-7-10-12-11(8-18)16(23-3-5-24-6-4-23)21-14(19)13(12)15(20)22-17(10)25-9/h9H,2-7H2,1H3,(H2,19,21)(H2,20,22)/p+2/t9-/m1/s1. The zero-order chi connectivity index (χ0) is 17.6. The van der Waals surface area contributed by atoms with Gasteiger partial charge in [0.15, 0.2) is 0 Å². The molecule has 6 N–H and O–H groups in total. The van der Waals surface area contributed by atoms with E-state index in [1.165, 1.54) is 0 Å². The second kappa shape index (κ2) is 5.93. The molecule has 0 spiro atoms. The molecular formula is C17H22N6O2+2. The van der Waals surface area contributed by atoms with Crippen LogP contribution in [0.25, 0.3) is 10.8 Å². The Hall–Kier alpha value is -2.79. The van der Waals surface area contributed by atoms with Crippen LogP contribution in [0.5, 0.6) is 5.88 Å². The van der Waals surface area contributed by atoms with Crippen LogP contribution in [0.3, 0.4) is 0 Å². The SMILES string of the molecule is CC[C@@H]1Cc2c([nH+]c(N)c3c(N)[nH+]c(N4CCOCC4)c(C#N)c23)O1. The smallest absolute Gasteiger partial charge is 0.287 e. The van der Waals surface area contributed by atoms with Gasteiger partial charge in [-0.1, -0.05) is 6.92 Å². The quantitative estimate of drug-likeness (QED) is 0.794. The number of nitriles is 1. The average molecular weight is 342 g/mol. The lowest BCUT2D eigenvalue weighted by Gasteiger charge is -2.24. The Bertz CT molecular complexity index is 885. The van der Waals surface area contributed by atoms with E-state index in [2.05, 4.69) is 27.9 Å². The summed E-state index contributed by atoms with van der Waals surface area (Å²) < 4.78 is 11.4. The van der Waals surface area contributed by atoms with Crippen LogP contribution < -0.4 is 31.1 Å². The van der Waals surface area contributed by atoms with Gasteiger partial charge in [0.2, 0.25) is 11.6 Å². The largest absolute Gasteiger partial charge is 0.458 e. The van der Waals surface area contributed by atoms with E-state index in [-0.39, 0.29) is 6.10 Å². The number of aromatic amines is 2. The number of nitrogens with two attached hydrogens (primary N) is 2. The number of H-pyrrole nitrogens is 2. The third kappa shape index (κ3) is 2.39. The van der Waals surface area contributed by atoms with Crippen LogP contribution in [-0.4, -0.2) is 32.4 Å². The van der Waals surface area contributed by atoms with E-state index in [9.17, 15) is 5.26 Å². The lowest BCUT2D eigenvalue weighted by Crippen LogP contribution is -2.40. The number of hydrogen-bond acceptors (Lipinski definition) is 6. The van der Waals surface area contributed by atoms with Crippen LogP contribution >= 0.6 is 0 Å². The Kier molecular flexibility index (Phi) is 3.73. The van der Waals surface area contributed by atoms with Gasteiger partial charge < -0.3 is 15.2 Å². The minimum atomic E-state index is 0.0834. The summed E-state index contributed by atoms with van der Waals surface area (Å²) in [6.45, 7) is 4.75.